The molecule has 36 heavy (non-hydrogen) atoms. The summed E-state index contributed by atoms with van der Waals surface area (Å²) in [6.07, 6.45) is 20.7. The van der Waals surface area contributed by atoms with E-state index in [4.69, 9.17) is 13.8 Å². The minimum atomic E-state index is -4.24. The largest absolute Gasteiger partial charge is 0.472 e. The van der Waals surface area contributed by atoms with Gasteiger partial charge in [-0.1, -0.05) is 76.9 Å². The number of allylic oxidation sites excluding steroid dienone is 2. The van der Waals surface area contributed by atoms with Crippen molar-refractivity contribution in [2.45, 2.75) is 109 Å². The molecule has 0 radical (unpaired) electrons. The highest BCUT2D eigenvalue weighted by molar-refractivity contribution is 7.47. The maximum absolute atomic E-state index is 11.8. The molecule has 0 aromatic carbocycles. The van der Waals surface area contributed by atoms with Crippen molar-refractivity contribution in [1.82, 2.24) is 0 Å². The lowest BCUT2D eigenvalue weighted by Crippen LogP contribution is -2.37. The van der Waals surface area contributed by atoms with Crippen LogP contribution in [0.5, 0.6) is 0 Å². The summed E-state index contributed by atoms with van der Waals surface area (Å²) in [5.41, 5.74) is 0. The molecule has 0 rings (SSSR count). The number of likely N-dealkylation sites (N-methyl/N-ethyl adjacent to an activating group) is 1. The van der Waals surface area contributed by atoms with Crippen molar-refractivity contribution in [2.75, 3.05) is 47.5 Å². The molecule has 0 saturated carbocycles. The average molecular weight is 537 g/mol. The van der Waals surface area contributed by atoms with Crippen LogP contribution < -0.4 is 0 Å². The highest BCUT2D eigenvalue weighted by Gasteiger charge is 2.24. The van der Waals surface area contributed by atoms with Gasteiger partial charge in [-0.05, 0) is 32.1 Å². The Morgan fingerprint density at radius 2 is 1.36 bits per heavy atom. The van der Waals surface area contributed by atoms with E-state index in [2.05, 4.69) is 19.1 Å². The normalized spacial score (nSPS) is 14.7. The lowest BCUT2D eigenvalue weighted by Gasteiger charge is -2.24. The summed E-state index contributed by atoms with van der Waals surface area (Å²) in [4.78, 5) is 21.4. The van der Waals surface area contributed by atoms with Gasteiger partial charge in [-0.3, -0.25) is 13.8 Å². The van der Waals surface area contributed by atoms with E-state index in [0.29, 0.717) is 17.4 Å². The van der Waals surface area contributed by atoms with Crippen LogP contribution in [0.4, 0.5) is 0 Å². The molecule has 0 aliphatic carbocycles. The molecule has 214 valence electrons. The second kappa shape index (κ2) is 22.2. The highest BCUT2D eigenvalue weighted by Crippen LogP contribution is 2.43. The van der Waals surface area contributed by atoms with Gasteiger partial charge < -0.3 is 19.2 Å². The average Bonchev–Trinajstić information content (AvgIpc) is 2.80. The molecule has 0 heterocycles. The summed E-state index contributed by atoms with van der Waals surface area (Å²) in [5.74, 6) is -0.381. The number of hydrogen-bond acceptors (Lipinski definition) is 6. The maximum atomic E-state index is 11.8. The second-order valence-electron chi connectivity index (χ2n) is 10.6. The van der Waals surface area contributed by atoms with Crippen LogP contribution in [0.3, 0.4) is 0 Å². The SMILES string of the molecule is CCCCCCCCC/C=C\CCCCCCCC(=O)OCC(O)COP(=O)(O)OCC[N+](C)(C)C. The Kier molecular flexibility index (Phi) is 21.8. The quantitative estimate of drug-likeness (QED) is 0.0474. The number of aliphatic hydroxyl groups excluding tert-OH is 1. The Morgan fingerprint density at radius 1 is 0.833 bits per heavy atom. The first-order valence-corrected chi connectivity index (χ1v) is 15.5. The number of carbonyl (C=O) groups is 1. The molecule has 0 bridgehead atoms. The smallest absolute Gasteiger partial charge is 0.463 e. The van der Waals surface area contributed by atoms with Crippen molar-refractivity contribution >= 4 is 13.8 Å². The fourth-order valence-corrected chi connectivity index (χ4v) is 4.22. The number of phosphoric ester groups is 1. The lowest BCUT2D eigenvalue weighted by atomic mass is 10.1. The Labute approximate surface area is 220 Å². The van der Waals surface area contributed by atoms with E-state index in [0.717, 1.165) is 32.1 Å². The molecule has 0 amide bonds. The minimum absolute atomic E-state index is 0.0539. The number of nitrogens with zero attached hydrogens (tertiary/aromatic N) is 1. The number of ether oxygens (including phenoxy) is 1. The molecular formula is C27H55NO7P+. The number of aliphatic hydroxyl groups is 1. The van der Waals surface area contributed by atoms with Gasteiger partial charge in [0.25, 0.3) is 0 Å². The topological polar surface area (TPSA) is 102 Å². The third-order valence-corrected chi connectivity index (χ3v) is 6.76. The molecule has 2 atom stereocenters. The van der Waals surface area contributed by atoms with Crippen molar-refractivity contribution in [3.63, 3.8) is 0 Å². The summed E-state index contributed by atoms with van der Waals surface area (Å²) in [7, 11) is 1.56. The Balaban J connectivity index is 3.57. The molecule has 8 nitrogen and oxygen atoms in total. The van der Waals surface area contributed by atoms with Crippen LogP contribution in [0.1, 0.15) is 103 Å². The minimum Gasteiger partial charge on any atom is -0.463 e. The first-order chi connectivity index (χ1) is 17.1. The van der Waals surface area contributed by atoms with E-state index in [1.807, 2.05) is 21.1 Å². The summed E-state index contributed by atoms with van der Waals surface area (Å²) in [6.45, 7) is 2.12. The summed E-state index contributed by atoms with van der Waals surface area (Å²) in [6, 6.07) is 0. The predicted octanol–water partition coefficient (Wildman–Crippen LogP) is 6.16. The molecule has 2 N–H and O–H groups in total. The molecular weight excluding hydrogens is 481 g/mol. The zero-order valence-corrected chi connectivity index (χ0v) is 24.4. The number of rotatable bonds is 25. The van der Waals surface area contributed by atoms with Gasteiger partial charge in [0.05, 0.1) is 27.7 Å². The lowest BCUT2D eigenvalue weighted by molar-refractivity contribution is -0.870. The number of esters is 1. The van der Waals surface area contributed by atoms with Crippen molar-refractivity contribution < 1.29 is 37.6 Å². The van der Waals surface area contributed by atoms with Crippen molar-refractivity contribution in [3.05, 3.63) is 12.2 Å². The first kappa shape index (κ1) is 35.2. The van der Waals surface area contributed by atoms with Crippen LogP contribution >= 0.6 is 7.82 Å². The van der Waals surface area contributed by atoms with Gasteiger partial charge in [-0.25, -0.2) is 4.57 Å². The molecule has 9 heteroatoms. The van der Waals surface area contributed by atoms with Crippen molar-refractivity contribution in [2.24, 2.45) is 0 Å². The van der Waals surface area contributed by atoms with Crippen LogP contribution in [0.2, 0.25) is 0 Å². The van der Waals surface area contributed by atoms with Gasteiger partial charge in [-0.15, -0.1) is 0 Å². The third-order valence-electron chi connectivity index (χ3n) is 5.78. The third kappa shape index (κ3) is 26.3. The number of quaternary nitrogens is 1. The number of carbonyl (C=O) groups excluding carboxylic acids is 1. The van der Waals surface area contributed by atoms with E-state index < -0.39 is 20.5 Å². The monoisotopic (exact) mass is 536 g/mol. The van der Waals surface area contributed by atoms with Gasteiger partial charge in [0, 0.05) is 6.42 Å². The first-order valence-electron chi connectivity index (χ1n) is 14.0. The fourth-order valence-electron chi connectivity index (χ4n) is 3.47. The van der Waals surface area contributed by atoms with Crippen LogP contribution in [0, 0.1) is 0 Å². The summed E-state index contributed by atoms with van der Waals surface area (Å²) in [5, 5.41) is 9.83. The van der Waals surface area contributed by atoms with Gasteiger partial charge in [0.1, 0.15) is 25.9 Å². The Bertz CT molecular complexity index is 607. The molecule has 0 aromatic heterocycles. The van der Waals surface area contributed by atoms with Crippen molar-refractivity contribution in [3.8, 4) is 0 Å². The molecule has 0 aliphatic heterocycles. The Morgan fingerprint density at radius 3 is 1.92 bits per heavy atom. The van der Waals surface area contributed by atoms with Crippen LogP contribution in [-0.4, -0.2) is 74.1 Å². The molecule has 2 unspecified atom stereocenters. The fraction of sp³-hybridized carbons (Fsp3) is 0.889. The number of phosphoric acid groups is 1. The van der Waals surface area contributed by atoms with Gasteiger partial charge in [0.2, 0.25) is 0 Å². The highest BCUT2D eigenvalue weighted by atomic mass is 31.2. The van der Waals surface area contributed by atoms with Gasteiger partial charge >= 0.3 is 13.8 Å². The van der Waals surface area contributed by atoms with E-state index in [-0.39, 0.29) is 19.2 Å². The van der Waals surface area contributed by atoms with Crippen molar-refractivity contribution in [1.29, 1.82) is 0 Å². The van der Waals surface area contributed by atoms with E-state index in [1.54, 1.807) is 0 Å². The van der Waals surface area contributed by atoms with Gasteiger partial charge in [-0.2, -0.15) is 0 Å². The maximum Gasteiger partial charge on any atom is 0.472 e. The number of unbranched alkanes of at least 4 members (excludes halogenated alkanes) is 12. The number of hydrogen-bond donors (Lipinski definition) is 2. The standard InChI is InChI=1S/C27H54NO7P/c1-5-6-7-8-9-10-11-12-13-14-15-16-17-18-19-20-21-27(30)33-24-26(29)25-35-36(31,32)34-23-22-28(2,3)4/h13-14,26,29H,5-12,15-25H2,1-4H3/p+1/b14-13-. The zero-order chi connectivity index (χ0) is 27.1. The van der Waals surface area contributed by atoms with Gasteiger partial charge in [0.15, 0.2) is 0 Å². The van der Waals surface area contributed by atoms with Crippen LogP contribution in [-0.2, 0) is 23.1 Å². The van der Waals surface area contributed by atoms with E-state index in [9.17, 15) is 19.4 Å². The zero-order valence-electron chi connectivity index (χ0n) is 23.5. The van der Waals surface area contributed by atoms with E-state index in [1.165, 1.54) is 57.8 Å². The summed E-state index contributed by atoms with van der Waals surface area (Å²) < 4.78 is 27.0. The Hall–Kier alpha value is -0.760. The summed E-state index contributed by atoms with van der Waals surface area (Å²) >= 11 is 0. The molecule has 0 saturated heterocycles. The molecule has 0 spiro atoms. The van der Waals surface area contributed by atoms with Crippen LogP contribution in [0.25, 0.3) is 0 Å². The molecule has 0 aliphatic rings. The van der Waals surface area contributed by atoms with Crippen LogP contribution in [0.15, 0.2) is 12.2 Å². The van der Waals surface area contributed by atoms with E-state index >= 15 is 0 Å². The second-order valence-corrected chi connectivity index (χ2v) is 12.1. The molecule has 0 fully saturated rings. The molecule has 0 aromatic rings. The predicted molar refractivity (Wildman–Crippen MR) is 146 cm³/mol.